The van der Waals surface area contributed by atoms with Crippen LogP contribution in [-0.2, 0) is 32.2 Å². The quantitative estimate of drug-likeness (QED) is 0.586. The first kappa shape index (κ1) is 23.3. The van der Waals surface area contributed by atoms with Crippen molar-refractivity contribution in [3.63, 3.8) is 0 Å². The average molecular weight is 421 g/mol. The summed E-state index contributed by atoms with van der Waals surface area (Å²) in [5.41, 5.74) is 0.272. The van der Waals surface area contributed by atoms with Gasteiger partial charge >= 0.3 is 17.6 Å². The number of hydrogen-bond acceptors (Lipinski definition) is 6. The summed E-state index contributed by atoms with van der Waals surface area (Å²) < 4.78 is 25.8. The molecular weight excluding hydrogens is 393 g/mol. The van der Waals surface area contributed by atoms with Gasteiger partial charge in [0.15, 0.2) is 0 Å². The Hall–Kier alpha value is -2.94. The van der Waals surface area contributed by atoms with Crippen molar-refractivity contribution in [2.75, 3.05) is 14.2 Å². The van der Waals surface area contributed by atoms with Crippen LogP contribution in [0.3, 0.4) is 0 Å². The van der Waals surface area contributed by atoms with E-state index in [2.05, 4.69) is 5.32 Å². The van der Waals surface area contributed by atoms with E-state index >= 15 is 0 Å². The van der Waals surface area contributed by atoms with Crippen LogP contribution in [0.1, 0.15) is 25.8 Å². The molecule has 0 aliphatic rings. The van der Waals surface area contributed by atoms with Gasteiger partial charge in [0.05, 0.1) is 27.3 Å². The Balaban J connectivity index is 2.20. The summed E-state index contributed by atoms with van der Waals surface area (Å²) in [7, 11) is 2.52. The summed E-state index contributed by atoms with van der Waals surface area (Å²) in [6.07, 6.45) is 3.55. The van der Waals surface area contributed by atoms with Crippen molar-refractivity contribution in [1.29, 1.82) is 0 Å². The number of nitrogens with one attached hydrogen (secondary N) is 1. The average Bonchev–Trinajstić information content (AvgIpc) is 3.04. The van der Waals surface area contributed by atoms with E-state index in [1.54, 1.807) is 18.3 Å². The van der Waals surface area contributed by atoms with Gasteiger partial charge in [0.25, 0.3) is 0 Å². The van der Waals surface area contributed by atoms with E-state index in [0.29, 0.717) is 12.0 Å². The molecule has 2 atom stereocenters. The minimum atomic E-state index is -0.930. The first-order chi connectivity index (χ1) is 14.2. The summed E-state index contributed by atoms with van der Waals surface area (Å²) in [6, 6.07) is 4.34. The van der Waals surface area contributed by atoms with Gasteiger partial charge in [-0.15, -0.1) is 0 Å². The topological polar surface area (TPSA) is 91.6 Å². The highest BCUT2D eigenvalue weighted by molar-refractivity contribution is 5.79. The number of methoxy groups -OCH3 is 2. The van der Waals surface area contributed by atoms with Crippen molar-refractivity contribution in [2.45, 2.75) is 45.4 Å². The Morgan fingerprint density at radius 2 is 1.70 bits per heavy atom. The molecule has 30 heavy (non-hydrogen) atoms. The lowest BCUT2D eigenvalue weighted by Gasteiger charge is -2.24. The first-order valence-corrected chi connectivity index (χ1v) is 9.66. The van der Waals surface area contributed by atoms with E-state index in [4.69, 9.17) is 9.47 Å². The Bertz CT molecular complexity index is 921. The third-order valence-corrected chi connectivity index (χ3v) is 4.62. The van der Waals surface area contributed by atoms with Gasteiger partial charge in [-0.3, -0.25) is 24.0 Å². The van der Waals surface area contributed by atoms with E-state index in [9.17, 15) is 18.8 Å². The third-order valence-electron chi connectivity index (χ3n) is 4.62. The zero-order chi connectivity index (χ0) is 22.3. The summed E-state index contributed by atoms with van der Waals surface area (Å²) in [6.45, 7) is 4.05. The molecule has 0 aliphatic carbocycles. The van der Waals surface area contributed by atoms with E-state index in [-0.39, 0.29) is 30.5 Å². The van der Waals surface area contributed by atoms with Crippen LogP contribution < -0.4 is 11.0 Å². The Labute approximate surface area is 174 Å². The molecule has 0 fully saturated rings. The molecule has 1 heterocycles. The molecule has 2 unspecified atom stereocenters. The molecule has 0 amide bonds. The number of aromatic nitrogens is 2. The second-order valence-corrected chi connectivity index (χ2v) is 7.44. The normalized spacial score (nSPS) is 13.1. The van der Waals surface area contributed by atoms with Crippen molar-refractivity contribution in [3.05, 3.63) is 58.5 Å². The Kier molecular flexibility index (Phi) is 8.35. The number of halogens is 1. The number of ether oxygens (including phenoxy) is 2. The monoisotopic (exact) mass is 421 g/mol. The summed E-state index contributed by atoms with van der Waals surface area (Å²) >= 11 is 0. The van der Waals surface area contributed by atoms with Crippen LogP contribution in [0.5, 0.6) is 0 Å². The van der Waals surface area contributed by atoms with Crippen molar-refractivity contribution >= 4 is 11.9 Å². The number of rotatable bonds is 10. The fourth-order valence-electron chi connectivity index (χ4n) is 3.17. The van der Waals surface area contributed by atoms with Gasteiger partial charge < -0.3 is 9.47 Å². The lowest BCUT2D eigenvalue weighted by molar-refractivity contribution is -0.147. The van der Waals surface area contributed by atoms with Gasteiger partial charge in [-0.25, -0.2) is 9.18 Å². The summed E-state index contributed by atoms with van der Waals surface area (Å²) in [5.74, 6) is -1.30. The molecule has 8 nitrogen and oxygen atoms in total. The maximum Gasteiger partial charge on any atom is 0.328 e. The van der Waals surface area contributed by atoms with Gasteiger partial charge in [-0.1, -0.05) is 26.0 Å². The number of carbonyl (C=O) groups excluding carboxylic acids is 2. The van der Waals surface area contributed by atoms with E-state index in [1.165, 1.54) is 41.7 Å². The van der Waals surface area contributed by atoms with Gasteiger partial charge in [-0.05, 0) is 30.0 Å². The van der Waals surface area contributed by atoms with E-state index < -0.39 is 24.0 Å². The predicted molar refractivity (Wildman–Crippen MR) is 108 cm³/mol. The molecule has 1 aromatic heterocycles. The third kappa shape index (κ3) is 6.28. The smallest absolute Gasteiger partial charge is 0.328 e. The largest absolute Gasteiger partial charge is 0.468 e. The lowest BCUT2D eigenvalue weighted by atomic mass is 10.0. The zero-order valence-electron chi connectivity index (χ0n) is 17.6. The number of benzene rings is 1. The fourth-order valence-corrected chi connectivity index (χ4v) is 3.17. The molecule has 1 N–H and O–H groups in total. The fraction of sp³-hybridized carbons (Fsp3) is 0.476. The maximum absolute atomic E-state index is 13.4. The highest BCUT2D eigenvalue weighted by Crippen LogP contribution is 2.09. The molecule has 164 valence electrons. The van der Waals surface area contributed by atoms with Crippen molar-refractivity contribution in [1.82, 2.24) is 14.5 Å². The van der Waals surface area contributed by atoms with Crippen LogP contribution in [-0.4, -0.2) is 47.4 Å². The molecule has 0 saturated heterocycles. The lowest BCUT2D eigenvalue weighted by Crippen LogP contribution is -2.51. The molecule has 0 bridgehead atoms. The number of esters is 2. The van der Waals surface area contributed by atoms with E-state index in [0.717, 1.165) is 0 Å². The second-order valence-electron chi connectivity index (χ2n) is 7.44. The van der Waals surface area contributed by atoms with Crippen molar-refractivity contribution in [3.8, 4) is 0 Å². The van der Waals surface area contributed by atoms with Gasteiger partial charge in [0, 0.05) is 12.4 Å². The molecule has 0 saturated carbocycles. The molecule has 2 rings (SSSR count). The van der Waals surface area contributed by atoms with Gasteiger partial charge in [0.1, 0.15) is 17.9 Å². The van der Waals surface area contributed by atoms with Gasteiger partial charge in [-0.2, -0.15) is 0 Å². The molecular formula is C21H28FN3O5. The van der Waals surface area contributed by atoms with E-state index in [1.807, 2.05) is 13.8 Å². The minimum Gasteiger partial charge on any atom is -0.468 e. The Morgan fingerprint density at radius 3 is 2.30 bits per heavy atom. The maximum atomic E-state index is 13.4. The summed E-state index contributed by atoms with van der Waals surface area (Å²) in [4.78, 5) is 37.1. The van der Waals surface area contributed by atoms with Crippen molar-refractivity contribution < 1.29 is 23.5 Å². The molecule has 1 aromatic carbocycles. The van der Waals surface area contributed by atoms with Crippen LogP contribution in [0.15, 0.2) is 41.5 Å². The van der Waals surface area contributed by atoms with Crippen LogP contribution in [0.2, 0.25) is 0 Å². The summed E-state index contributed by atoms with van der Waals surface area (Å²) in [5, 5.41) is 2.96. The minimum absolute atomic E-state index is 0.0345. The molecule has 0 radical (unpaired) electrons. The van der Waals surface area contributed by atoms with Crippen LogP contribution >= 0.6 is 0 Å². The molecule has 2 aromatic rings. The molecule has 9 heteroatoms. The SMILES string of the molecule is COC(=O)C(CC(C)C)NC(Cn1ccn(Cc2cccc(F)c2)c1=O)C(=O)OC. The number of nitrogens with zero attached hydrogens (tertiary/aromatic N) is 2. The zero-order valence-corrected chi connectivity index (χ0v) is 17.6. The van der Waals surface area contributed by atoms with Crippen LogP contribution in [0.25, 0.3) is 0 Å². The van der Waals surface area contributed by atoms with Crippen LogP contribution in [0, 0.1) is 11.7 Å². The number of imidazole rings is 1. The predicted octanol–water partition coefficient (Wildman–Crippen LogP) is 1.56. The Morgan fingerprint density at radius 1 is 1.07 bits per heavy atom. The molecule has 0 aliphatic heterocycles. The second kappa shape index (κ2) is 10.7. The highest BCUT2D eigenvalue weighted by atomic mass is 19.1. The van der Waals surface area contributed by atoms with Crippen LogP contribution in [0.4, 0.5) is 4.39 Å². The highest BCUT2D eigenvalue weighted by Gasteiger charge is 2.29. The molecule has 0 spiro atoms. The van der Waals surface area contributed by atoms with Crippen molar-refractivity contribution in [2.24, 2.45) is 5.92 Å². The number of carbonyl (C=O) groups is 2. The number of hydrogen-bond donors (Lipinski definition) is 1. The van der Waals surface area contributed by atoms with Gasteiger partial charge in [0.2, 0.25) is 0 Å². The first-order valence-electron chi connectivity index (χ1n) is 9.66. The standard InChI is InChI=1S/C21H28FN3O5/c1-14(2)10-17(19(26)29-3)23-18(20(27)30-4)13-25-9-8-24(21(25)28)12-15-6-5-7-16(22)11-15/h5-9,11,14,17-18,23H,10,12-13H2,1-4H3.